The summed E-state index contributed by atoms with van der Waals surface area (Å²) in [5, 5.41) is 5.07. The first-order valence-corrected chi connectivity index (χ1v) is 9.89. The number of carbonyl (C=O) groups is 2. The van der Waals surface area contributed by atoms with Gasteiger partial charge in [-0.1, -0.05) is 0 Å². The number of aryl methyl sites for hydroxylation is 1. The van der Waals surface area contributed by atoms with E-state index in [1.54, 1.807) is 32.9 Å². The average molecular weight is 443 g/mol. The summed E-state index contributed by atoms with van der Waals surface area (Å²) in [6.07, 6.45) is 0.964. The van der Waals surface area contributed by atoms with Gasteiger partial charge in [0.15, 0.2) is 11.7 Å². The molecule has 2 aromatic carbocycles. The Morgan fingerprint density at radius 2 is 1.69 bits per heavy atom. The molecule has 1 heterocycles. The predicted octanol–water partition coefficient (Wildman–Crippen LogP) is 5.54. The summed E-state index contributed by atoms with van der Waals surface area (Å²) in [6.45, 7) is 5.14. The lowest BCUT2D eigenvalue weighted by Gasteiger charge is -2.20. The van der Waals surface area contributed by atoms with E-state index in [2.05, 4.69) is 15.6 Å². The molecule has 1 aromatic heterocycles. The van der Waals surface area contributed by atoms with Gasteiger partial charge in [0.2, 0.25) is 5.91 Å². The molecule has 0 aliphatic heterocycles. The van der Waals surface area contributed by atoms with Crippen LogP contribution in [0, 0.1) is 11.6 Å². The summed E-state index contributed by atoms with van der Waals surface area (Å²) in [5.74, 6) is -0.584. The Kier molecular flexibility index (Phi) is 6.87. The highest BCUT2D eigenvalue weighted by Gasteiger charge is 2.18. The molecule has 0 aliphatic carbocycles. The molecule has 2 N–H and O–H groups in total. The second kappa shape index (κ2) is 9.59. The van der Waals surface area contributed by atoms with Crippen LogP contribution in [0.25, 0.3) is 11.3 Å². The summed E-state index contributed by atoms with van der Waals surface area (Å²) in [5.41, 5.74) is 0.243. The van der Waals surface area contributed by atoms with Crippen LogP contribution in [0.4, 0.5) is 25.0 Å². The van der Waals surface area contributed by atoms with Crippen LogP contribution in [0.2, 0.25) is 0 Å². The summed E-state index contributed by atoms with van der Waals surface area (Å²) >= 11 is 0. The molecule has 0 bridgehead atoms. The van der Waals surface area contributed by atoms with E-state index < -0.39 is 23.4 Å². The highest BCUT2D eigenvalue weighted by atomic mass is 19.1. The van der Waals surface area contributed by atoms with Crippen LogP contribution in [-0.2, 0) is 16.0 Å². The van der Waals surface area contributed by atoms with E-state index in [1.807, 2.05) is 0 Å². The van der Waals surface area contributed by atoms with Crippen molar-refractivity contribution in [1.29, 1.82) is 0 Å². The standard InChI is InChI=1S/C23H23F2N3O4/c1-23(2,3)32-22(30)28-17-9-8-16(25)12-18(17)27-20(29)10-11-21-26-13-19(31-21)14-4-6-15(24)7-5-14/h4-9,12-13H,10-11H2,1-3H3,(H,27,29)(H,28,30). The molecule has 0 aliphatic rings. The van der Waals surface area contributed by atoms with Crippen molar-refractivity contribution in [3.05, 3.63) is 66.2 Å². The maximum absolute atomic E-state index is 13.7. The van der Waals surface area contributed by atoms with E-state index in [0.717, 1.165) is 12.1 Å². The number of carbonyl (C=O) groups excluding carboxylic acids is 2. The van der Waals surface area contributed by atoms with E-state index in [9.17, 15) is 18.4 Å². The average Bonchev–Trinajstić information content (AvgIpc) is 3.17. The van der Waals surface area contributed by atoms with Gasteiger partial charge in [-0.25, -0.2) is 18.6 Å². The fourth-order valence-electron chi connectivity index (χ4n) is 2.75. The summed E-state index contributed by atoms with van der Waals surface area (Å²) in [4.78, 5) is 28.5. The normalized spacial score (nSPS) is 11.2. The third-order valence-corrected chi connectivity index (χ3v) is 4.14. The van der Waals surface area contributed by atoms with Gasteiger partial charge in [-0.3, -0.25) is 10.1 Å². The second-order valence-corrected chi connectivity index (χ2v) is 7.99. The fourth-order valence-corrected chi connectivity index (χ4v) is 2.75. The highest BCUT2D eigenvalue weighted by molar-refractivity contribution is 5.97. The summed E-state index contributed by atoms with van der Waals surface area (Å²) < 4.78 is 37.5. The molecule has 3 rings (SSSR count). The summed E-state index contributed by atoms with van der Waals surface area (Å²) in [6, 6.07) is 9.34. The molecule has 0 saturated carbocycles. The monoisotopic (exact) mass is 443 g/mol. The van der Waals surface area contributed by atoms with Crippen LogP contribution in [0.15, 0.2) is 53.1 Å². The molecule has 9 heteroatoms. The van der Waals surface area contributed by atoms with Gasteiger partial charge < -0.3 is 14.5 Å². The number of ether oxygens (including phenoxy) is 1. The molecule has 168 valence electrons. The van der Waals surface area contributed by atoms with E-state index in [0.29, 0.717) is 17.2 Å². The number of amides is 2. The van der Waals surface area contributed by atoms with Gasteiger partial charge >= 0.3 is 6.09 Å². The fraction of sp³-hybridized carbons (Fsp3) is 0.261. The zero-order valence-corrected chi connectivity index (χ0v) is 17.9. The number of benzene rings is 2. The van der Waals surface area contributed by atoms with Crippen LogP contribution < -0.4 is 10.6 Å². The molecule has 7 nitrogen and oxygen atoms in total. The number of rotatable bonds is 6. The zero-order chi connectivity index (χ0) is 23.3. The first-order valence-electron chi connectivity index (χ1n) is 9.89. The predicted molar refractivity (Wildman–Crippen MR) is 115 cm³/mol. The van der Waals surface area contributed by atoms with Gasteiger partial charge in [0.1, 0.15) is 17.2 Å². The van der Waals surface area contributed by atoms with E-state index >= 15 is 0 Å². The van der Waals surface area contributed by atoms with E-state index in [-0.39, 0.29) is 30.0 Å². The number of hydrogen-bond donors (Lipinski definition) is 2. The molecule has 0 fully saturated rings. The van der Waals surface area contributed by atoms with Crippen molar-refractivity contribution >= 4 is 23.4 Å². The minimum atomic E-state index is -0.729. The number of hydrogen-bond acceptors (Lipinski definition) is 5. The van der Waals surface area contributed by atoms with Crippen molar-refractivity contribution in [1.82, 2.24) is 4.98 Å². The number of halogens is 2. The maximum atomic E-state index is 13.7. The van der Waals surface area contributed by atoms with Gasteiger partial charge in [0, 0.05) is 18.4 Å². The van der Waals surface area contributed by atoms with Crippen LogP contribution in [0.1, 0.15) is 33.1 Å². The zero-order valence-electron chi connectivity index (χ0n) is 17.9. The van der Waals surface area contributed by atoms with Gasteiger partial charge in [-0.2, -0.15) is 0 Å². The molecule has 32 heavy (non-hydrogen) atoms. The molecule has 0 saturated heterocycles. The third kappa shape index (κ3) is 6.63. The Bertz CT molecular complexity index is 1110. The number of aromatic nitrogens is 1. The van der Waals surface area contributed by atoms with Crippen molar-refractivity contribution in [2.24, 2.45) is 0 Å². The number of oxazole rings is 1. The molecule has 0 unspecified atom stereocenters. The number of nitrogens with zero attached hydrogens (tertiary/aromatic N) is 1. The van der Waals surface area contributed by atoms with Crippen molar-refractivity contribution in [2.75, 3.05) is 10.6 Å². The van der Waals surface area contributed by atoms with Crippen molar-refractivity contribution in [2.45, 2.75) is 39.2 Å². The molecular formula is C23H23F2N3O4. The van der Waals surface area contributed by atoms with Gasteiger partial charge in [0.25, 0.3) is 0 Å². The summed E-state index contributed by atoms with van der Waals surface area (Å²) in [7, 11) is 0. The molecule has 0 spiro atoms. The Hall–Kier alpha value is -3.75. The Balaban J connectivity index is 1.61. The van der Waals surface area contributed by atoms with E-state index in [1.165, 1.54) is 24.4 Å². The van der Waals surface area contributed by atoms with Gasteiger partial charge in [0.05, 0.1) is 17.6 Å². The molecule has 0 radical (unpaired) electrons. The minimum absolute atomic E-state index is 0.00572. The van der Waals surface area contributed by atoms with Crippen molar-refractivity contribution in [3.63, 3.8) is 0 Å². The topological polar surface area (TPSA) is 93.5 Å². The number of nitrogens with one attached hydrogen (secondary N) is 2. The van der Waals surface area contributed by atoms with Crippen LogP contribution in [-0.4, -0.2) is 22.6 Å². The lowest BCUT2D eigenvalue weighted by molar-refractivity contribution is -0.116. The van der Waals surface area contributed by atoms with Crippen LogP contribution in [0.3, 0.4) is 0 Å². The van der Waals surface area contributed by atoms with Gasteiger partial charge in [-0.15, -0.1) is 0 Å². The molecule has 3 aromatic rings. The first-order chi connectivity index (χ1) is 15.1. The molecular weight excluding hydrogens is 420 g/mol. The first kappa shape index (κ1) is 22.9. The maximum Gasteiger partial charge on any atom is 0.412 e. The largest absolute Gasteiger partial charge is 0.444 e. The second-order valence-electron chi connectivity index (χ2n) is 7.99. The van der Waals surface area contributed by atoms with E-state index in [4.69, 9.17) is 9.15 Å². The third-order valence-electron chi connectivity index (χ3n) is 4.14. The Morgan fingerprint density at radius 1 is 1.00 bits per heavy atom. The lowest BCUT2D eigenvalue weighted by atomic mass is 10.2. The Labute approximate surface area is 183 Å². The minimum Gasteiger partial charge on any atom is -0.444 e. The lowest BCUT2D eigenvalue weighted by Crippen LogP contribution is -2.27. The smallest absolute Gasteiger partial charge is 0.412 e. The molecule has 0 atom stereocenters. The Morgan fingerprint density at radius 3 is 2.38 bits per heavy atom. The number of anilines is 2. The van der Waals surface area contributed by atoms with Crippen LogP contribution >= 0.6 is 0 Å². The van der Waals surface area contributed by atoms with Crippen molar-refractivity contribution < 1.29 is 27.5 Å². The van der Waals surface area contributed by atoms with Crippen LogP contribution in [0.5, 0.6) is 0 Å². The van der Waals surface area contributed by atoms with Crippen molar-refractivity contribution in [3.8, 4) is 11.3 Å². The SMILES string of the molecule is CC(C)(C)OC(=O)Nc1ccc(F)cc1NC(=O)CCc1ncc(-c2ccc(F)cc2)o1. The van der Waals surface area contributed by atoms with Gasteiger partial charge in [-0.05, 0) is 63.2 Å². The highest BCUT2D eigenvalue weighted by Crippen LogP contribution is 2.25. The molecule has 2 amide bonds. The quantitative estimate of drug-likeness (QED) is 0.522.